The van der Waals surface area contributed by atoms with Crippen LogP contribution in [0.3, 0.4) is 0 Å². The molecule has 0 saturated carbocycles. The Bertz CT molecular complexity index is 1030. The highest BCUT2D eigenvalue weighted by Gasteiger charge is 2.30. The van der Waals surface area contributed by atoms with Crippen molar-refractivity contribution in [3.05, 3.63) is 96.6 Å². The number of alkyl halides is 3. The molecule has 0 bridgehead atoms. The van der Waals surface area contributed by atoms with Crippen LogP contribution in [0.25, 0.3) is 33.8 Å². The van der Waals surface area contributed by atoms with Crippen LogP contribution in [0.1, 0.15) is 5.56 Å². The van der Waals surface area contributed by atoms with Crippen molar-refractivity contribution < 1.29 is 17.6 Å². The summed E-state index contributed by atoms with van der Waals surface area (Å²) < 4.78 is 44.7. The van der Waals surface area contributed by atoms with E-state index in [1.54, 1.807) is 0 Å². The molecule has 0 fully saturated rings. The standard InChI is InChI=1S/C23H15F3O/c24-23(25,26)19-13-11-16(12-14-19)20-15-21(17-7-3-1-4-8-17)27-22(20)18-9-5-2-6-10-18/h1-15H. The summed E-state index contributed by atoms with van der Waals surface area (Å²) in [6.07, 6.45) is -4.35. The van der Waals surface area contributed by atoms with Crippen LogP contribution in [0, 0.1) is 0 Å². The third-order valence-electron chi connectivity index (χ3n) is 4.35. The summed E-state index contributed by atoms with van der Waals surface area (Å²) in [7, 11) is 0. The molecule has 4 aromatic rings. The van der Waals surface area contributed by atoms with E-state index in [4.69, 9.17) is 4.42 Å². The highest BCUT2D eigenvalue weighted by Crippen LogP contribution is 2.39. The predicted octanol–water partition coefficient (Wildman–Crippen LogP) is 7.30. The minimum absolute atomic E-state index is 0.634. The first-order valence-corrected chi connectivity index (χ1v) is 8.45. The van der Waals surface area contributed by atoms with Gasteiger partial charge in [0.1, 0.15) is 11.5 Å². The van der Waals surface area contributed by atoms with E-state index in [2.05, 4.69) is 0 Å². The summed E-state index contributed by atoms with van der Waals surface area (Å²) in [4.78, 5) is 0. The minimum atomic E-state index is -4.35. The Morgan fingerprint density at radius 2 is 1.15 bits per heavy atom. The van der Waals surface area contributed by atoms with Crippen LogP contribution in [0.5, 0.6) is 0 Å². The highest BCUT2D eigenvalue weighted by atomic mass is 19.4. The monoisotopic (exact) mass is 364 g/mol. The molecule has 0 aliphatic rings. The van der Waals surface area contributed by atoms with Crippen molar-refractivity contribution >= 4 is 0 Å². The molecule has 0 unspecified atom stereocenters. The van der Waals surface area contributed by atoms with Gasteiger partial charge in [-0.1, -0.05) is 72.8 Å². The molecule has 0 spiro atoms. The quantitative estimate of drug-likeness (QED) is 0.372. The molecule has 0 N–H and O–H groups in total. The maximum Gasteiger partial charge on any atom is 0.416 e. The van der Waals surface area contributed by atoms with E-state index in [1.165, 1.54) is 12.1 Å². The molecule has 0 saturated heterocycles. The summed E-state index contributed by atoms with van der Waals surface area (Å²) in [5.74, 6) is 1.30. The molecule has 4 heteroatoms. The van der Waals surface area contributed by atoms with E-state index in [0.29, 0.717) is 17.1 Å². The largest absolute Gasteiger partial charge is 0.455 e. The Labute approximate surface area is 154 Å². The molecule has 0 radical (unpaired) electrons. The number of benzene rings is 3. The molecule has 0 aliphatic heterocycles. The molecule has 0 amide bonds. The van der Waals surface area contributed by atoms with Crippen LogP contribution in [0.15, 0.2) is 95.4 Å². The highest BCUT2D eigenvalue weighted by molar-refractivity contribution is 5.83. The molecule has 0 atom stereocenters. The predicted molar refractivity (Wildman–Crippen MR) is 100 cm³/mol. The van der Waals surface area contributed by atoms with Crippen LogP contribution < -0.4 is 0 Å². The second-order valence-electron chi connectivity index (χ2n) is 6.16. The third-order valence-corrected chi connectivity index (χ3v) is 4.35. The SMILES string of the molecule is FC(F)(F)c1ccc(-c2cc(-c3ccccc3)oc2-c2ccccc2)cc1. The molecule has 134 valence electrons. The molecule has 4 rings (SSSR count). The van der Waals surface area contributed by atoms with E-state index in [9.17, 15) is 13.2 Å². The molecular weight excluding hydrogens is 349 g/mol. The van der Waals surface area contributed by atoms with Gasteiger partial charge < -0.3 is 4.42 Å². The van der Waals surface area contributed by atoms with Crippen molar-refractivity contribution in [3.8, 4) is 33.8 Å². The normalized spacial score (nSPS) is 11.5. The van der Waals surface area contributed by atoms with Crippen molar-refractivity contribution in [1.29, 1.82) is 0 Å². The van der Waals surface area contributed by atoms with Crippen molar-refractivity contribution in [3.63, 3.8) is 0 Å². The van der Waals surface area contributed by atoms with Gasteiger partial charge in [-0.3, -0.25) is 0 Å². The first-order valence-electron chi connectivity index (χ1n) is 8.45. The second-order valence-corrected chi connectivity index (χ2v) is 6.16. The molecule has 3 aromatic carbocycles. The Balaban J connectivity index is 1.85. The fraction of sp³-hybridized carbons (Fsp3) is 0.0435. The van der Waals surface area contributed by atoms with Gasteiger partial charge in [0.2, 0.25) is 0 Å². The molecule has 1 aromatic heterocycles. The number of rotatable bonds is 3. The molecule has 1 nitrogen and oxygen atoms in total. The minimum Gasteiger partial charge on any atom is -0.455 e. The van der Waals surface area contributed by atoms with Crippen molar-refractivity contribution in [1.82, 2.24) is 0 Å². The molecule has 1 heterocycles. The summed E-state index contributed by atoms with van der Waals surface area (Å²) in [5, 5.41) is 0. The van der Waals surface area contributed by atoms with Gasteiger partial charge in [-0.2, -0.15) is 13.2 Å². The summed E-state index contributed by atoms with van der Waals surface area (Å²) in [6.45, 7) is 0. The zero-order valence-corrected chi connectivity index (χ0v) is 14.2. The van der Waals surface area contributed by atoms with Crippen LogP contribution in [0.2, 0.25) is 0 Å². The number of hydrogen-bond acceptors (Lipinski definition) is 1. The van der Waals surface area contributed by atoms with Crippen LogP contribution in [-0.2, 0) is 6.18 Å². The third kappa shape index (κ3) is 3.51. The van der Waals surface area contributed by atoms with E-state index >= 15 is 0 Å². The lowest BCUT2D eigenvalue weighted by Crippen LogP contribution is -2.03. The summed E-state index contributed by atoms with van der Waals surface area (Å²) in [6, 6.07) is 26.2. The first-order chi connectivity index (χ1) is 13.0. The van der Waals surface area contributed by atoms with Gasteiger partial charge in [-0.05, 0) is 23.8 Å². The average Bonchev–Trinajstić information content (AvgIpc) is 3.14. The van der Waals surface area contributed by atoms with Gasteiger partial charge in [0.15, 0.2) is 0 Å². The van der Waals surface area contributed by atoms with E-state index in [1.807, 2.05) is 66.7 Å². The zero-order valence-electron chi connectivity index (χ0n) is 14.2. The van der Waals surface area contributed by atoms with Gasteiger partial charge >= 0.3 is 6.18 Å². The fourth-order valence-corrected chi connectivity index (χ4v) is 2.99. The lowest BCUT2D eigenvalue weighted by atomic mass is 10.00. The van der Waals surface area contributed by atoms with Gasteiger partial charge in [0, 0.05) is 16.7 Å². The maximum atomic E-state index is 12.9. The van der Waals surface area contributed by atoms with Gasteiger partial charge in [-0.25, -0.2) is 0 Å². The van der Waals surface area contributed by atoms with Crippen molar-refractivity contribution in [2.24, 2.45) is 0 Å². The van der Waals surface area contributed by atoms with E-state index in [0.717, 1.165) is 28.8 Å². The fourth-order valence-electron chi connectivity index (χ4n) is 2.99. The van der Waals surface area contributed by atoms with Crippen molar-refractivity contribution in [2.45, 2.75) is 6.18 Å². The smallest absolute Gasteiger partial charge is 0.416 e. The Morgan fingerprint density at radius 3 is 1.70 bits per heavy atom. The Morgan fingerprint density at radius 1 is 0.593 bits per heavy atom. The van der Waals surface area contributed by atoms with Crippen LogP contribution in [0.4, 0.5) is 13.2 Å². The summed E-state index contributed by atoms with van der Waals surface area (Å²) >= 11 is 0. The number of halogens is 3. The number of hydrogen-bond donors (Lipinski definition) is 0. The topological polar surface area (TPSA) is 13.1 Å². The molecule has 27 heavy (non-hydrogen) atoms. The second kappa shape index (κ2) is 6.80. The van der Waals surface area contributed by atoms with E-state index < -0.39 is 11.7 Å². The van der Waals surface area contributed by atoms with Crippen LogP contribution >= 0.6 is 0 Å². The Kier molecular flexibility index (Phi) is 4.32. The van der Waals surface area contributed by atoms with Crippen molar-refractivity contribution in [2.75, 3.05) is 0 Å². The number of furan rings is 1. The maximum absolute atomic E-state index is 12.9. The lowest BCUT2D eigenvalue weighted by molar-refractivity contribution is -0.137. The average molecular weight is 364 g/mol. The summed E-state index contributed by atoms with van der Waals surface area (Å²) in [5.41, 5.74) is 2.54. The molecule has 0 aliphatic carbocycles. The van der Waals surface area contributed by atoms with Gasteiger partial charge in [0.25, 0.3) is 0 Å². The molecular formula is C23H15F3O. The van der Waals surface area contributed by atoms with Gasteiger partial charge in [0.05, 0.1) is 5.56 Å². The zero-order chi connectivity index (χ0) is 18.9. The van der Waals surface area contributed by atoms with Crippen LogP contribution in [-0.4, -0.2) is 0 Å². The Hall–Kier alpha value is -3.27. The van der Waals surface area contributed by atoms with E-state index in [-0.39, 0.29) is 0 Å². The van der Waals surface area contributed by atoms with Gasteiger partial charge in [-0.15, -0.1) is 0 Å². The first kappa shape index (κ1) is 17.2. The lowest BCUT2D eigenvalue weighted by Gasteiger charge is -2.08.